The van der Waals surface area contributed by atoms with E-state index < -0.39 is 0 Å². The minimum absolute atomic E-state index is 0.0621. The van der Waals surface area contributed by atoms with Crippen LogP contribution < -0.4 is 10.6 Å². The molecule has 0 aliphatic carbocycles. The molecule has 1 aromatic carbocycles. The topological polar surface area (TPSA) is 54.0 Å². The molecule has 0 atom stereocenters. The number of aromatic nitrogens is 1. The second-order valence-corrected chi connectivity index (χ2v) is 4.85. The molecule has 4 nitrogen and oxygen atoms in total. The average molecular weight is 283 g/mol. The Morgan fingerprint density at radius 1 is 1.14 bits per heavy atom. The lowest BCUT2D eigenvalue weighted by Gasteiger charge is -2.07. The number of benzene rings is 1. The van der Waals surface area contributed by atoms with Crippen molar-refractivity contribution in [3.8, 4) is 0 Å². The van der Waals surface area contributed by atoms with Gasteiger partial charge in [0, 0.05) is 24.8 Å². The number of amides is 1. The van der Waals surface area contributed by atoms with Crippen molar-refractivity contribution < 1.29 is 4.79 Å². The Kier molecular flexibility index (Phi) is 5.76. The summed E-state index contributed by atoms with van der Waals surface area (Å²) in [5.74, 6) is 0.681. The summed E-state index contributed by atoms with van der Waals surface area (Å²) in [4.78, 5) is 16.3. The van der Waals surface area contributed by atoms with E-state index in [2.05, 4.69) is 34.7 Å². The zero-order valence-electron chi connectivity index (χ0n) is 12.3. The number of rotatable bonds is 7. The summed E-state index contributed by atoms with van der Waals surface area (Å²) in [6, 6.07) is 13.6. The molecule has 0 radical (unpaired) electrons. The summed E-state index contributed by atoms with van der Waals surface area (Å²) in [5, 5.41) is 6.12. The quantitative estimate of drug-likeness (QED) is 0.821. The molecule has 2 aromatic rings. The van der Waals surface area contributed by atoms with Gasteiger partial charge in [0.1, 0.15) is 5.82 Å². The standard InChI is InChI=1S/C17H21N3O/c1-2-10-18-16-13-15(9-12-19-16)17(21)20-11-8-14-6-4-3-5-7-14/h3-7,9,12-13H,2,8,10-11H2,1H3,(H,18,19)(H,20,21). The predicted molar refractivity (Wildman–Crippen MR) is 85.5 cm³/mol. The van der Waals surface area contributed by atoms with E-state index in [0.29, 0.717) is 12.1 Å². The lowest BCUT2D eigenvalue weighted by Crippen LogP contribution is -2.25. The minimum atomic E-state index is -0.0621. The first-order valence-electron chi connectivity index (χ1n) is 7.31. The Bertz CT molecular complexity index is 569. The molecule has 1 aromatic heterocycles. The lowest BCUT2D eigenvalue weighted by molar-refractivity contribution is 0.0954. The first kappa shape index (κ1) is 15.0. The smallest absolute Gasteiger partial charge is 0.251 e. The van der Waals surface area contributed by atoms with Crippen LogP contribution in [0, 0.1) is 0 Å². The number of carbonyl (C=O) groups is 1. The van der Waals surface area contributed by atoms with E-state index in [-0.39, 0.29) is 5.91 Å². The van der Waals surface area contributed by atoms with Crippen LogP contribution >= 0.6 is 0 Å². The Hall–Kier alpha value is -2.36. The molecule has 110 valence electrons. The van der Waals surface area contributed by atoms with Crippen LogP contribution in [0.1, 0.15) is 29.3 Å². The van der Waals surface area contributed by atoms with Crippen molar-refractivity contribution in [3.63, 3.8) is 0 Å². The fourth-order valence-electron chi connectivity index (χ4n) is 1.99. The fraction of sp³-hybridized carbons (Fsp3) is 0.294. The van der Waals surface area contributed by atoms with Gasteiger partial charge in [0.25, 0.3) is 5.91 Å². The number of nitrogens with one attached hydrogen (secondary N) is 2. The number of anilines is 1. The third-order valence-electron chi connectivity index (χ3n) is 3.12. The van der Waals surface area contributed by atoms with Crippen molar-refractivity contribution in [1.82, 2.24) is 10.3 Å². The zero-order valence-corrected chi connectivity index (χ0v) is 12.3. The predicted octanol–water partition coefficient (Wildman–Crippen LogP) is 2.88. The lowest BCUT2D eigenvalue weighted by atomic mass is 10.1. The molecular formula is C17H21N3O. The summed E-state index contributed by atoms with van der Waals surface area (Å²) < 4.78 is 0. The van der Waals surface area contributed by atoms with Gasteiger partial charge in [0.15, 0.2) is 0 Å². The summed E-state index contributed by atoms with van der Waals surface area (Å²) >= 11 is 0. The molecule has 2 N–H and O–H groups in total. The van der Waals surface area contributed by atoms with E-state index in [1.165, 1.54) is 5.56 Å². The van der Waals surface area contributed by atoms with E-state index >= 15 is 0 Å². The van der Waals surface area contributed by atoms with Crippen LogP contribution in [0.15, 0.2) is 48.7 Å². The largest absolute Gasteiger partial charge is 0.370 e. The summed E-state index contributed by atoms with van der Waals surface area (Å²) in [5.41, 5.74) is 1.86. The van der Waals surface area contributed by atoms with Crippen LogP contribution in [-0.2, 0) is 6.42 Å². The van der Waals surface area contributed by atoms with Crippen molar-refractivity contribution in [2.45, 2.75) is 19.8 Å². The summed E-state index contributed by atoms with van der Waals surface area (Å²) in [6.45, 7) is 3.57. The molecule has 0 unspecified atom stereocenters. The van der Waals surface area contributed by atoms with Gasteiger partial charge in [-0.2, -0.15) is 0 Å². The summed E-state index contributed by atoms with van der Waals surface area (Å²) in [6.07, 6.45) is 3.51. The van der Waals surface area contributed by atoms with Crippen LogP contribution in [0.25, 0.3) is 0 Å². The van der Waals surface area contributed by atoms with E-state index in [9.17, 15) is 4.79 Å². The average Bonchev–Trinajstić information content (AvgIpc) is 2.54. The van der Waals surface area contributed by atoms with E-state index in [1.54, 1.807) is 18.3 Å². The molecule has 0 saturated heterocycles. The maximum absolute atomic E-state index is 12.1. The third-order valence-corrected chi connectivity index (χ3v) is 3.12. The Labute approximate surface area is 125 Å². The van der Waals surface area contributed by atoms with E-state index in [0.717, 1.165) is 25.2 Å². The maximum atomic E-state index is 12.1. The van der Waals surface area contributed by atoms with Gasteiger partial charge in [-0.3, -0.25) is 4.79 Å². The first-order chi connectivity index (χ1) is 10.3. The molecule has 0 aliphatic heterocycles. The van der Waals surface area contributed by atoms with Crippen LogP contribution in [0.2, 0.25) is 0 Å². The Morgan fingerprint density at radius 3 is 2.71 bits per heavy atom. The molecule has 1 heterocycles. The normalized spacial score (nSPS) is 10.1. The SMILES string of the molecule is CCCNc1cc(C(=O)NCCc2ccccc2)ccn1. The number of carbonyl (C=O) groups excluding carboxylic acids is 1. The minimum Gasteiger partial charge on any atom is -0.370 e. The van der Waals surface area contributed by atoms with Gasteiger partial charge in [-0.15, -0.1) is 0 Å². The molecule has 0 spiro atoms. The highest BCUT2D eigenvalue weighted by Gasteiger charge is 2.06. The Morgan fingerprint density at radius 2 is 1.95 bits per heavy atom. The second kappa shape index (κ2) is 8.04. The molecule has 0 fully saturated rings. The van der Waals surface area contributed by atoms with E-state index in [1.807, 2.05) is 18.2 Å². The third kappa shape index (κ3) is 4.91. The number of hydrogen-bond donors (Lipinski definition) is 2. The van der Waals surface area contributed by atoms with Gasteiger partial charge in [-0.25, -0.2) is 4.98 Å². The van der Waals surface area contributed by atoms with E-state index in [4.69, 9.17) is 0 Å². The van der Waals surface area contributed by atoms with Gasteiger partial charge < -0.3 is 10.6 Å². The maximum Gasteiger partial charge on any atom is 0.251 e. The molecule has 1 amide bonds. The van der Waals surface area contributed by atoms with Gasteiger partial charge in [0.2, 0.25) is 0 Å². The molecular weight excluding hydrogens is 262 g/mol. The van der Waals surface area contributed by atoms with Gasteiger partial charge in [0.05, 0.1) is 0 Å². The molecule has 4 heteroatoms. The van der Waals surface area contributed by atoms with Gasteiger partial charge in [-0.05, 0) is 30.5 Å². The van der Waals surface area contributed by atoms with Crippen molar-refractivity contribution in [2.24, 2.45) is 0 Å². The first-order valence-corrected chi connectivity index (χ1v) is 7.31. The molecule has 2 rings (SSSR count). The Balaban J connectivity index is 1.85. The van der Waals surface area contributed by atoms with Gasteiger partial charge in [-0.1, -0.05) is 37.3 Å². The van der Waals surface area contributed by atoms with Crippen molar-refractivity contribution >= 4 is 11.7 Å². The molecule has 0 saturated carbocycles. The van der Waals surface area contributed by atoms with Crippen LogP contribution in [0.3, 0.4) is 0 Å². The number of nitrogens with zero attached hydrogens (tertiary/aromatic N) is 1. The number of hydrogen-bond acceptors (Lipinski definition) is 3. The van der Waals surface area contributed by atoms with Crippen molar-refractivity contribution in [1.29, 1.82) is 0 Å². The molecule has 0 bridgehead atoms. The zero-order chi connectivity index (χ0) is 14.9. The van der Waals surface area contributed by atoms with Crippen molar-refractivity contribution in [2.75, 3.05) is 18.4 Å². The fourth-order valence-corrected chi connectivity index (χ4v) is 1.99. The monoisotopic (exact) mass is 283 g/mol. The van der Waals surface area contributed by atoms with Gasteiger partial charge >= 0.3 is 0 Å². The second-order valence-electron chi connectivity index (χ2n) is 4.85. The van der Waals surface area contributed by atoms with Crippen LogP contribution in [-0.4, -0.2) is 24.0 Å². The van der Waals surface area contributed by atoms with Crippen LogP contribution in [0.5, 0.6) is 0 Å². The van der Waals surface area contributed by atoms with Crippen LogP contribution in [0.4, 0.5) is 5.82 Å². The summed E-state index contributed by atoms with van der Waals surface area (Å²) in [7, 11) is 0. The highest BCUT2D eigenvalue weighted by molar-refractivity contribution is 5.94. The highest BCUT2D eigenvalue weighted by atomic mass is 16.1. The highest BCUT2D eigenvalue weighted by Crippen LogP contribution is 2.07. The molecule has 21 heavy (non-hydrogen) atoms. The van der Waals surface area contributed by atoms with Crippen molar-refractivity contribution in [3.05, 3.63) is 59.8 Å². The number of pyridine rings is 1. The molecule has 0 aliphatic rings.